The highest BCUT2D eigenvalue weighted by molar-refractivity contribution is 7.99. The van der Waals surface area contributed by atoms with Crippen molar-refractivity contribution in [3.63, 3.8) is 0 Å². The van der Waals surface area contributed by atoms with E-state index in [-0.39, 0.29) is 23.2 Å². The molecule has 0 aliphatic carbocycles. The fourth-order valence-corrected chi connectivity index (χ4v) is 4.27. The topological polar surface area (TPSA) is 87.5 Å². The summed E-state index contributed by atoms with van der Waals surface area (Å²) in [6.45, 7) is 12.8. The zero-order valence-corrected chi connectivity index (χ0v) is 22.5. The van der Waals surface area contributed by atoms with Crippen molar-refractivity contribution in [1.82, 2.24) is 14.8 Å². The minimum Gasteiger partial charge on any atom is -0.497 e. The first kappa shape index (κ1) is 27.1. The number of methoxy groups -OCH3 is 2. The number of carbonyl (C=O) groups is 1. The van der Waals surface area contributed by atoms with E-state index in [0.29, 0.717) is 34.7 Å². The van der Waals surface area contributed by atoms with Crippen molar-refractivity contribution in [3.8, 4) is 17.2 Å². The molecule has 0 fully saturated rings. The van der Waals surface area contributed by atoms with E-state index in [1.54, 1.807) is 38.5 Å². The van der Waals surface area contributed by atoms with Gasteiger partial charge < -0.3 is 19.5 Å². The molecule has 0 radical (unpaired) electrons. The first-order chi connectivity index (χ1) is 17.2. The maximum Gasteiger partial charge on any atom is 0.234 e. The average molecular weight is 511 g/mol. The Morgan fingerprint density at radius 3 is 2.42 bits per heavy atom. The highest BCUT2D eigenvalue weighted by atomic mass is 32.2. The minimum atomic E-state index is -0.343. The van der Waals surface area contributed by atoms with Crippen LogP contribution in [0.15, 0.2) is 60.3 Å². The van der Waals surface area contributed by atoms with Crippen molar-refractivity contribution in [2.75, 3.05) is 25.3 Å². The van der Waals surface area contributed by atoms with Crippen molar-refractivity contribution in [1.29, 1.82) is 0 Å². The van der Waals surface area contributed by atoms with Gasteiger partial charge in [0.15, 0.2) is 17.1 Å². The van der Waals surface area contributed by atoms with Crippen LogP contribution in [-0.2, 0) is 16.8 Å². The number of nitrogens with one attached hydrogen (secondary N) is 1. The van der Waals surface area contributed by atoms with Crippen LogP contribution >= 0.6 is 11.8 Å². The fourth-order valence-electron chi connectivity index (χ4n) is 3.52. The lowest BCUT2D eigenvalue weighted by Crippen LogP contribution is -2.16. The number of hydrogen-bond acceptors (Lipinski definition) is 7. The van der Waals surface area contributed by atoms with Gasteiger partial charge in [0, 0.05) is 12.6 Å². The van der Waals surface area contributed by atoms with E-state index in [1.807, 2.05) is 23.6 Å². The number of aromatic nitrogens is 3. The van der Waals surface area contributed by atoms with Crippen LogP contribution in [-0.4, -0.2) is 40.6 Å². The molecule has 0 saturated carbocycles. The molecule has 0 aliphatic rings. The Bertz CT molecular complexity index is 1190. The maximum absolute atomic E-state index is 12.6. The van der Waals surface area contributed by atoms with Crippen LogP contribution < -0.4 is 19.5 Å². The van der Waals surface area contributed by atoms with E-state index < -0.39 is 0 Å². The molecule has 3 aromatic rings. The number of benzene rings is 2. The lowest BCUT2D eigenvalue weighted by molar-refractivity contribution is -0.113. The van der Waals surface area contributed by atoms with Gasteiger partial charge in [-0.3, -0.25) is 9.36 Å². The molecule has 9 heteroatoms. The number of nitrogens with zero attached hydrogens (tertiary/aromatic N) is 3. The van der Waals surface area contributed by atoms with Crippen molar-refractivity contribution >= 4 is 23.4 Å². The second-order valence-electron chi connectivity index (χ2n) is 9.18. The smallest absolute Gasteiger partial charge is 0.234 e. The average Bonchev–Trinajstić information content (AvgIpc) is 3.25. The summed E-state index contributed by atoms with van der Waals surface area (Å²) in [5.41, 5.74) is 1.88. The van der Waals surface area contributed by atoms with E-state index in [2.05, 4.69) is 55.0 Å². The van der Waals surface area contributed by atoms with E-state index >= 15 is 0 Å². The molecule has 1 atom stereocenters. The summed E-state index contributed by atoms with van der Waals surface area (Å²) in [6.07, 6.45) is 1.43. The van der Waals surface area contributed by atoms with Crippen molar-refractivity contribution in [3.05, 3.63) is 66.5 Å². The monoisotopic (exact) mass is 510 g/mol. The third-order valence-electron chi connectivity index (χ3n) is 5.47. The van der Waals surface area contributed by atoms with Crippen molar-refractivity contribution < 1.29 is 19.0 Å². The molecule has 8 nitrogen and oxygen atoms in total. The van der Waals surface area contributed by atoms with Crippen LogP contribution in [0.3, 0.4) is 0 Å². The van der Waals surface area contributed by atoms with Gasteiger partial charge in [-0.05, 0) is 42.2 Å². The summed E-state index contributed by atoms with van der Waals surface area (Å²) >= 11 is 1.29. The quantitative estimate of drug-likeness (QED) is 0.263. The summed E-state index contributed by atoms with van der Waals surface area (Å²) in [6, 6.07) is 13.3. The van der Waals surface area contributed by atoms with Gasteiger partial charge in [0.2, 0.25) is 5.91 Å². The minimum absolute atomic E-state index is 0.0746. The summed E-state index contributed by atoms with van der Waals surface area (Å²) in [5, 5.41) is 12.1. The molecular weight excluding hydrogens is 476 g/mol. The Morgan fingerprint density at radius 2 is 1.81 bits per heavy atom. The van der Waals surface area contributed by atoms with Crippen LogP contribution in [0.5, 0.6) is 17.2 Å². The van der Waals surface area contributed by atoms with Gasteiger partial charge in [-0.1, -0.05) is 50.7 Å². The highest BCUT2D eigenvalue weighted by Crippen LogP contribution is 2.30. The van der Waals surface area contributed by atoms with Gasteiger partial charge in [0.05, 0.1) is 25.7 Å². The normalized spacial score (nSPS) is 12.1. The van der Waals surface area contributed by atoms with Crippen molar-refractivity contribution in [2.45, 2.75) is 50.9 Å². The Kier molecular flexibility index (Phi) is 9.03. The number of allylic oxidation sites excluding steroid dienone is 1. The zero-order valence-electron chi connectivity index (χ0n) is 21.7. The number of hydrogen-bond donors (Lipinski definition) is 1. The molecular formula is C27H34N4O4S. The Labute approximate surface area is 217 Å². The van der Waals surface area contributed by atoms with E-state index in [1.165, 1.54) is 17.3 Å². The molecule has 1 unspecified atom stereocenters. The maximum atomic E-state index is 12.6. The van der Waals surface area contributed by atoms with Gasteiger partial charge in [-0.15, -0.1) is 16.8 Å². The molecule has 2 aromatic carbocycles. The van der Waals surface area contributed by atoms with Gasteiger partial charge in [-0.25, -0.2) is 0 Å². The Hall–Kier alpha value is -3.46. The molecule has 1 N–H and O–H groups in total. The number of rotatable bonds is 11. The Morgan fingerprint density at radius 1 is 1.11 bits per heavy atom. The van der Waals surface area contributed by atoms with Crippen LogP contribution in [0.4, 0.5) is 5.69 Å². The summed E-state index contributed by atoms with van der Waals surface area (Å²) in [4.78, 5) is 12.6. The lowest BCUT2D eigenvalue weighted by atomic mass is 9.87. The molecule has 3 rings (SSSR count). The van der Waals surface area contributed by atoms with E-state index in [4.69, 9.17) is 14.2 Å². The highest BCUT2D eigenvalue weighted by Gasteiger charge is 2.21. The largest absolute Gasteiger partial charge is 0.497 e. The first-order valence-corrected chi connectivity index (χ1v) is 12.6. The summed E-state index contributed by atoms with van der Waals surface area (Å²) < 4.78 is 18.6. The number of thioether (sulfide) groups is 1. The molecule has 0 bridgehead atoms. The number of ether oxygens (including phenoxy) is 3. The second kappa shape index (κ2) is 12.0. The third-order valence-corrected chi connectivity index (χ3v) is 6.44. The SMILES string of the molecule is C=CCn1c(SCC(=O)Nc2ccc(OC)cc2OC)nnc1C(C)Oc1ccc(C(C)(C)C)cc1. The molecule has 1 amide bonds. The third kappa shape index (κ3) is 6.81. The molecule has 1 aromatic heterocycles. The number of carbonyl (C=O) groups excluding carboxylic acids is 1. The van der Waals surface area contributed by atoms with E-state index in [9.17, 15) is 4.79 Å². The predicted molar refractivity (Wildman–Crippen MR) is 143 cm³/mol. The van der Waals surface area contributed by atoms with E-state index in [0.717, 1.165) is 5.75 Å². The zero-order chi connectivity index (χ0) is 26.3. The van der Waals surface area contributed by atoms with Gasteiger partial charge in [0.25, 0.3) is 0 Å². The van der Waals surface area contributed by atoms with Crippen molar-refractivity contribution in [2.24, 2.45) is 0 Å². The molecule has 0 saturated heterocycles. The molecule has 0 aliphatic heterocycles. The van der Waals surface area contributed by atoms with Crippen LogP contribution in [0.1, 0.15) is 45.2 Å². The second-order valence-corrected chi connectivity index (χ2v) is 10.1. The molecule has 0 spiro atoms. The molecule has 36 heavy (non-hydrogen) atoms. The van der Waals surface area contributed by atoms with Crippen LogP contribution in [0.2, 0.25) is 0 Å². The van der Waals surface area contributed by atoms with Gasteiger partial charge in [-0.2, -0.15) is 0 Å². The lowest BCUT2D eigenvalue weighted by Gasteiger charge is -2.20. The number of amides is 1. The van der Waals surface area contributed by atoms with Crippen LogP contribution in [0.25, 0.3) is 0 Å². The Balaban J connectivity index is 1.67. The molecule has 1 heterocycles. The first-order valence-electron chi connectivity index (χ1n) is 11.6. The summed E-state index contributed by atoms with van der Waals surface area (Å²) in [7, 11) is 3.12. The van der Waals surface area contributed by atoms with Crippen LogP contribution in [0, 0.1) is 0 Å². The van der Waals surface area contributed by atoms with Gasteiger partial charge in [0.1, 0.15) is 17.2 Å². The summed E-state index contributed by atoms with van der Waals surface area (Å²) in [5.74, 6) is 2.53. The number of anilines is 1. The fraction of sp³-hybridized carbons (Fsp3) is 0.370. The standard InChI is InChI=1S/C27H34N4O4S/c1-8-15-31-25(18(2)35-20-11-9-19(10-12-20)27(3,4)5)29-30-26(31)36-17-24(32)28-22-14-13-21(33-6)16-23(22)34-7/h8-14,16,18H,1,15,17H2,2-7H3,(H,28,32). The molecule has 192 valence electrons. The predicted octanol–water partition coefficient (Wildman–Crippen LogP) is 5.65. The van der Waals surface area contributed by atoms with Gasteiger partial charge >= 0.3 is 0 Å².